The Balaban J connectivity index is 2.27. The van der Waals surface area contributed by atoms with E-state index in [-0.39, 0.29) is 0 Å². The molecule has 15 heavy (non-hydrogen) atoms. The van der Waals surface area contributed by atoms with Gasteiger partial charge in [-0.3, -0.25) is 0 Å². The fourth-order valence-corrected chi connectivity index (χ4v) is 1.26. The van der Waals surface area contributed by atoms with Gasteiger partial charge in [0.05, 0.1) is 6.54 Å². The van der Waals surface area contributed by atoms with Crippen molar-refractivity contribution in [3.05, 3.63) is 29.8 Å². The maximum atomic E-state index is 5.61. The Labute approximate surface area is 91.7 Å². The molecule has 0 saturated heterocycles. The number of nitrogens with one attached hydrogen (secondary N) is 1. The third-order valence-corrected chi connectivity index (χ3v) is 1.98. The lowest BCUT2D eigenvalue weighted by Gasteiger charge is -1.96. The van der Waals surface area contributed by atoms with E-state index in [9.17, 15) is 0 Å². The van der Waals surface area contributed by atoms with Gasteiger partial charge in [-0.15, -0.1) is 0 Å². The van der Waals surface area contributed by atoms with Crippen LogP contribution in [0.15, 0.2) is 34.2 Å². The molecular weight excluding hydrogens is 214 g/mol. The highest BCUT2D eigenvalue weighted by molar-refractivity contribution is 6.29. The summed E-state index contributed by atoms with van der Waals surface area (Å²) in [6.07, 6.45) is 0. The molecule has 0 spiro atoms. The number of oxazole rings is 1. The number of rotatable bonds is 3. The largest absolute Gasteiger partial charge is 0.423 e. The smallest absolute Gasteiger partial charge is 0.295 e. The number of benzene rings is 1. The molecule has 0 saturated carbocycles. The molecule has 0 radical (unpaired) electrons. The predicted octanol–water partition coefficient (Wildman–Crippen LogP) is 2.57. The topological polar surface area (TPSA) is 64.1 Å². The van der Waals surface area contributed by atoms with Crippen LogP contribution in [0.2, 0.25) is 0 Å². The number of halogens is 1. The van der Waals surface area contributed by atoms with Gasteiger partial charge >= 0.3 is 0 Å². The average Bonchev–Trinajstić information content (AvgIpc) is 2.56. The Bertz CT molecular complexity index is 506. The second-order valence-corrected chi connectivity index (χ2v) is 3.65. The summed E-state index contributed by atoms with van der Waals surface area (Å²) in [6.45, 7) is 3.97. The van der Waals surface area contributed by atoms with E-state index >= 15 is 0 Å². The summed E-state index contributed by atoms with van der Waals surface area (Å²) in [5.41, 5.74) is 7.66. The first-order valence-corrected chi connectivity index (χ1v) is 4.76. The molecule has 1 heterocycles. The van der Waals surface area contributed by atoms with Crippen LogP contribution in [0, 0.1) is 0 Å². The van der Waals surface area contributed by atoms with Crippen LogP contribution in [0.25, 0.3) is 11.1 Å². The van der Waals surface area contributed by atoms with Crippen LogP contribution in [-0.4, -0.2) is 11.5 Å². The fraction of sp³-hybridized carbons (Fsp3) is 0.100. The van der Waals surface area contributed by atoms with Crippen molar-refractivity contribution in [2.75, 3.05) is 17.6 Å². The summed E-state index contributed by atoms with van der Waals surface area (Å²) in [5, 5.41) is 3.40. The van der Waals surface area contributed by atoms with Crippen molar-refractivity contribution in [1.29, 1.82) is 0 Å². The number of anilines is 2. The molecule has 0 amide bonds. The highest BCUT2D eigenvalue weighted by Gasteiger charge is 2.04. The average molecular weight is 224 g/mol. The van der Waals surface area contributed by atoms with E-state index in [2.05, 4.69) is 16.9 Å². The van der Waals surface area contributed by atoms with Crippen LogP contribution in [0.5, 0.6) is 0 Å². The Kier molecular flexibility index (Phi) is 2.51. The first-order valence-electron chi connectivity index (χ1n) is 4.38. The minimum Gasteiger partial charge on any atom is -0.423 e. The van der Waals surface area contributed by atoms with E-state index in [0.29, 0.717) is 28.9 Å². The molecule has 0 aliphatic heterocycles. The van der Waals surface area contributed by atoms with Crippen molar-refractivity contribution in [3.63, 3.8) is 0 Å². The predicted molar refractivity (Wildman–Crippen MR) is 61.9 cm³/mol. The first kappa shape index (κ1) is 9.86. The summed E-state index contributed by atoms with van der Waals surface area (Å²) in [7, 11) is 0. The van der Waals surface area contributed by atoms with Crippen LogP contribution in [0.3, 0.4) is 0 Å². The highest BCUT2D eigenvalue weighted by Crippen LogP contribution is 2.21. The van der Waals surface area contributed by atoms with E-state index in [0.717, 1.165) is 5.52 Å². The molecule has 0 fully saturated rings. The van der Waals surface area contributed by atoms with Gasteiger partial charge in [0.1, 0.15) is 5.52 Å². The molecule has 0 aliphatic carbocycles. The van der Waals surface area contributed by atoms with Gasteiger partial charge < -0.3 is 15.5 Å². The molecule has 0 unspecified atom stereocenters. The van der Waals surface area contributed by atoms with E-state index in [4.69, 9.17) is 21.8 Å². The van der Waals surface area contributed by atoms with Crippen molar-refractivity contribution in [2.24, 2.45) is 0 Å². The van der Waals surface area contributed by atoms with Crippen molar-refractivity contribution >= 4 is 34.4 Å². The maximum absolute atomic E-state index is 5.61. The third kappa shape index (κ3) is 2.22. The summed E-state index contributed by atoms with van der Waals surface area (Å²) < 4.78 is 5.40. The van der Waals surface area contributed by atoms with E-state index in [1.807, 2.05) is 0 Å². The second kappa shape index (κ2) is 3.82. The van der Waals surface area contributed by atoms with Gasteiger partial charge in [-0.1, -0.05) is 18.2 Å². The van der Waals surface area contributed by atoms with Gasteiger partial charge in [0.15, 0.2) is 5.58 Å². The molecular formula is C10H10ClN3O. The minimum absolute atomic E-state index is 0.414. The summed E-state index contributed by atoms with van der Waals surface area (Å²) in [6, 6.07) is 5.71. The number of hydrogen-bond acceptors (Lipinski definition) is 4. The molecule has 2 rings (SSSR count). The third-order valence-electron chi connectivity index (χ3n) is 1.84. The SMILES string of the molecule is C=C(Cl)CNc1nc2ccc(N)cc2o1. The van der Waals surface area contributed by atoms with Gasteiger partial charge in [0.25, 0.3) is 6.01 Å². The number of nitrogens with two attached hydrogens (primary N) is 1. The van der Waals surface area contributed by atoms with Crippen LogP contribution in [0.1, 0.15) is 0 Å². The zero-order valence-electron chi connectivity index (χ0n) is 7.96. The van der Waals surface area contributed by atoms with Gasteiger partial charge in [-0.05, 0) is 12.1 Å². The van der Waals surface area contributed by atoms with Crippen LogP contribution >= 0.6 is 11.6 Å². The Morgan fingerprint density at radius 1 is 1.60 bits per heavy atom. The molecule has 3 N–H and O–H groups in total. The van der Waals surface area contributed by atoms with E-state index in [1.54, 1.807) is 18.2 Å². The standard InChI is InChI=1S/C10H10ClN3O/c1-6(11)5-13-10-14-8-3-2-7(12)4-9(8)15-10/h2-4H,1,5,12H2,(H,13,14). The molecule has 0 atom stereocenters. The van der Waals surface area contributed by atoms with Gasteiger partial charge in [0.2, 0.25) is 0 Å². The molecule has 0 aliphatic rings. The summed E-state index contributed by atoms with van der Waals surface area (Å²) in [4.78, 5) is 4.19. The second-order valence-electron chi connectivity index (χ2n) is 3.12. The number of nitrogen functional groups attached to an aromatic ring is 1. The molecule has 78 valence electrons. The summed E-state index contributed by atoms with van der Waals surface area (Å²) in [5.74, 6) is 0. The highest BCUT2D eigenvalue weighted by atomic mass is 35.5. The van der Waals surface area contributed by atoms with Crippen molar-refractivity contribution in [3.8, 4) is 0 Å². The van der Waals surface area contributed by atoms with Crippen molar-refractivity contribution in [2.45, 2.75) is 0 Å². The quantitative estimate of drug-likeness (QED) is 0.785. The number of hydrogen-bond donors (Lipinski definition) is 2. The molecule has 1 aromatic heterocycles. The molecule has 1 aromatic carbocycles. The lowest BCUT2D eigenvalue weighted by atomic mass is 10.3. The Morgan fingerprint density at radius 2 is 2.40 bits per heavy atom. The molecule has 0 bridgehead atoms. The minimum atomic E-state index is 0.414. The summed E-state index contributed by atoms with van der Waals surface area (Å²) >= 11 is 5.61. The Morgan fingerprint density at radius 3 is 3.13 bits per heavy atom. The zero-order valence-corrected chi connectivity index (χ0v) is 8.71. The molecule has 5 heteroatoms. The lowest BCUT2D eigenvalue weighted by molar-refractivity contribution is 0.618. The lowest BCUT2D eigenvalue weighted by Crippen LogP contribution is -2.00. The van der Waals surface area contributed by atoms with Crippen LogP contribution in [-0.2, 0) is 0 Å². The fourth-order valence-electron chi connectivity index (χ4n) is 1.19. The van der Waals surface area contributed by atoms with Gasteiger partial charge in [0, 0.05) is 16.8 Å². The van der Waals surface area contributed by atoms with Crippen LogP contribution in [0.4, 0.5) is 11.7 Å². The molecule has 4 nitrogen and oxygen atoms in total. The monoisotopic (exact) mass is 223 g/mol. The number of nitrogens with zero attached hydrogens (tertiary/aromatic N) is 1. The Hall–Kier alpha value is -1.68. The van der Waals surface area contributed by atoms with Crippen molar-refractivity contribution in [1.82, 2.24) is 4.98 Å². The number of aromatic nitrogens is 1. The van der Waals surface area contributed by atoms with Crippen LogP contribution < -0.4 is 11.1 Å². The van der Waals surface area contributed by atoms with Gasteiger partial charge in [-0.25, -0.2) is 0 Å². The van der Waals surface area contributed by atoms with E-state index in [1.165, 1.54) is 0 Å². The zero-order chi connectivity index (χ0) is 10.8. The van der Waals surface area contributed by atoms with E-state index < -0.39 is 0 Å². The number of fused-ring (bicyclic) bond motifs is 1. The normalized spacial score (nSPS) is 10.5. The van der Waals surface area contributed by atoms with Crippen molar-refractivity contribution < 1.29 is 4.42 Å². The maximum Gasteiger partial charge on any atom is 0.295 e. The molecule has 2 aromatic rings. The van der Waals surface area contributed by atoms with Gasteiger partial charge in [-0.2, -0.15) is 4.98 Å². The first-order chi connectivity index (χ1) is 7.15.